The molecule has 0 saturated heterocycles. The second-order valence-electron chi connectivity index (χ2n) is 4.59. The Hall–Kier alpha value is -2.30. The number of hydrogen-bond acceptors (Lipinski definition) is 2. The molecule has 0 bridgehead atoms. The van der Waals surface area contributed by atoms with Crippen LogP contribution in [0.5, 0.6) is 0 Å². The first kappa shape index (κ1) is 14.6. The van der Waals surface area contributed by atoms with Crippen molar-refractivity contribution in [2.24, 2.45) is 0 Å². The average Bonchev–Trinajstić information content (AvgIpc) is 2.98. The molecule has 0 aliphatic heterocycles. The van der Waals surface area contributed by atoms with E-state index in [1.807, 2.05) is 30.3 Å². The van der Waals surface area contributed by atoms with Crippen molar-refractivity contribution < 1.29 is 4.79 Å². The molecule has 3 aromatic rings. The normalized spacial score (nSPS) is 10.5. The summed E-state index contributed by atoms with van der Waals surface area (Å²) in [5, 5.41) is 7.98. The topological polar surface area (TPSA) is 46.9 Å². The smallest absolute Gasteiger partial charge is 0.258 e. The first-order chi connectivity index (χ1) is 10.6. The predicted molar refractivity (Wildman–Crippen MR) is 88.0 cm³/mol. The molecule has 1 aromatic heterocycles. The van der Waals surface area contributed by atoms with Gasteiger partial charge < -0.3 is 5.32 Å². The fraction of sp³-hybridized carbons (Fsp3) is 0. The van der Waals surface area contributed by atoms with Gasteiger partial charge in [0.25, 0.3) is 5.91 Å². The molecule has 0 atom stereocenters. The maximum Gasteiger partial charge on any atom is 0.258 e. The van der Waals surface area contributed by atoms with Gasteiger partial charge in [0.2, 0.25) is 0 Å². The zero-order chi connectivity index (χ0) is 15.5. The summed E-state index contributed by atoms with van der Waals surface area (Å²) in [7, 11) is 0. The van der Waals surface area contributed by atoms with E-state index in [4.69, 9.17) is 23.2 Å². The number of hydrogen-bond donors (Lipinski definition) is 1. The highest BCUT2D eigenvalue weighted by atomic mass is 35.5. The third-order valence-corrected chi connectivity index (χ3v) is 3.57. The Bertz CT molecular complexity index is 815. The van der Waals surface area contributed by atoms with Gasteiger partial charge in [-0.3, -0.25) is 4.79 Å². The number of rotatable bonds is 3. The van der Waals surface area contributed by atoms with Crippen molar-refractivity contribution >= 4 is 34.8 Å². The van der Waals surface area contributed by atoms with Gasteiger partial charge in [0.05, 0.1) is 22.5 Å². The van der Waals surface area contributed by atoms with Crippen molar-refractivity contribution in [3.8, 4) is 5.69 Å². The molecule has 0 spiro atoms. The third kappa shape index (κ3) is 3.13. The summed E-state index contributed by atoms with van der Waals surface area (Å²) in [4.78, 5) is 12.2. The lowest BCUT2D eigenvalue weighted by atomic mass is 10.3. The summed E-state index contributed by atoms with van der Waals surface area (Å²) < 4.78 is 1.54. The maximum absolute atomic E-state index is 12.2. The highest BCUT2D eigenvalue weighted by molar-refractivity contribution is 6.35. The Labute approximate surface area is 137 Å². The number of carbonyl (C=O) groups is 1. The molecule has 1 N–H and O–H groups in total. The quantitative estimate of drug-likeness (QED) is 0.771. The highest BCUT2D eigenvalue weighted by Gasteiger charge is 2.11. The Kier molecular flexibility index (Phi) is 4.13. The minimum atomic E-state index is -0.234. The van der Waals surface area contributed by atoms with E-state index in [2.05, 4.69) is 10.4 Å². The molecule has 3 rings (SSSR count). The second-order valence-corrected chi connectivity index (χ2v) is 5.43. The van der Waals surface area contributed by atoms with Crippen molar-refractivity contribution in [3.63, 3.8) is 0 Å². The zero-order valence-electron chi connectivity index (χ0n) is 11.3. The molecule has 6 heteroatoms. The van der Waals surface area contributed by atoms with E-state index in [0.29, 0.717) is 21.3 Å². The highest BCUT2D eigenvalue weighted by Crippen LogP contribution is 2.24. The molecule has 0 unspecified atom stereocenters. The molecule has 0 radical (unpaired) electrons. The molecular formula is C16H11Cl2N3O. The van der Waals surface area contributed by atoms with Gasteiger partial charge in [0, 0.05) is 16.9 Å². The summed E-state index contributed by atoms with van der Waals surface area (Å²) in [5.41, 5.74) is 1.82. The Morgan fingerprint density at radius 3 is 2.59 bits per heavy atom. The number of carbonyl (C=O) groups excluding carboxylic acids is 1. The molecule has 1 heterocycles. The van der Waals surface area contributed by atoms with E-state index in [0.717, 1.165) is 5.69 Å². The van der Waals surface area contributed by atoms with Crippen molar-refractivity contribution in [1.29, 1.82) is 0 Å². The van der Waals surface area contributed by atoms with Crippen molar-refractivity contribution in [2.75, 3.05) is 5.32 Å². The number of benzene rings is 2. The van der Waals surface area contributed by atoms with Gasteiger partial charge in [0.15, 0.2) is 0 Å². The Balaban J connectivity index is 1.83. The lowest BCUT2D eigenvalue weighted by Gasteiger charge is -2.04. The summed E-state index contributed by atoms with van der Waals surface area (Å²) >= 11 is 12.0. The van der Waals surface area contributed by atoms with E-state index < -0.39 is 0 Å². The lowest BCUT2D eigenvalue weighted by molar-refractivity contribution is 0.102. The van der Waals surface area contributed by atoms with Crippen LogP contribution in [0.15, 0.2) is 60.9 Å². The minimum absolute atomic E-state index is 0.234. The summed E-state index contributed by atoms with van der Waals surface area (Å²) in [5.74, 6) is -0.234. The van der Waals surface area contributed by atoms with Crippen LogP contribution in [-0.4, -0.2) is 15.7 Å². The molecule has 110 valence electrons. The molecule has 2 aromatic carbocycles. The van der Waals surface area contributed by atoms with Crippen molar-refractivity contribution in [2.45, 2.75) is 0 Å². The van der Waals surface area contributed by atoms with E-state index in [1.165, 1.54) is 6.20 Å². The van der Waals surface area contributed by atoms with Crippen LogP contribution in [0.2, 0.25) is 10.0 Å². The number of nitrogens with one attached hydrogen (secondary N) is 1. The van der Waals surface area contributed by atoms with Crippen LogP contribution < -0.4 is 5.32 Å². The van der Waals surface area contributed by atoms with Gasteiger partial charge >= 0.3 is 0 Å². The Morgan fingerprint density at radius 1 is 1.09 bits per heavy atom. The standard InChI is InChI=1S/C16H11Cl2N3O/c17-12-6-7-15(14(18)8-12)21-10-11(9-19-21)16(22)20-13-4-2-1-3-5-13/h1-10H,(H,20,22). The minimum Gasteiger partial charge on any atom is -0.322 e. The molecule has 4 nitrogen and oxygen atoms in total. The molecular weight excluding hydrogens is 321 g/mol. The SMILES string of the molecule is O=C(Nc1ccccc1)c1cnn(-c2ccc(Cl)cc2Cl)c1. The fourth-order valence-corrected chi connectivity index (χ4v) is 2.46. The van der Waals surface area contributed by atoms with E-state index in [9.17, 15) is 4.79 Å². The zero-order valence-corrected chi connectivity index (χ0v) is 12.8. The number of halogens is 2. The number of anilines is 1. The van der Waals surface area contributed by atoms with Gasteiger partial charge in [-0.1, -0.05) is 41.4 Å². The first-order valence-corrected chi connectivity index (χ1v) is 7.25. The van der Waals surface area contributed by atoms with Crippen molar-refractivity contribution in [1.82, 2.24) is 9.78 Å². The monoisotopic (exact) mass is 331 g/mol. The number of aromatic nitrogens is 2. The van der Waals surface area contributed by atoms with Gasteiger partial charge in [0.1, 0.15) is 0 Å². The van der Waals surface area contributed by atoms with Crippen LogP contribution in [0.4, 0.5) is 5.69 Å². The predicted octanol–water partition coefficient (Wildman–Crippen LogP) is 4.43. The molecule has 22 heavy (non-hydrogen) atoms. The number of nitrogens with zero attached hydrogens (tertiary/aromatic N) is 2. The summed E-state index contributed by atoms with van der Waals surface area (Å²) in [6, 6.07) is 14.3. The molecule has 0 saturated carbocycles. The van der Waals surface area contributed by atoms with E-state index >= 15 is 0 Å². The second kappa shape index (κ2) is 6.22. The van der Waals surface area contributed by atoms with Crippen LogP contribution in [0.25, 0.3) is 5.69 Å². The van der Waals surface area contributed by atoms with Crippen LogP contribution in [-0.2, 0) is 0 Å². The van der Waals surface area contributed by atoms with Gasteiger partial charge in [-0.05, 0) is 30.3 Å². The van der Waals surface area contributed by atoms with E-state index in [1.54, 1.807) is 29.1 Å². The summed E-state index contributed by atoms with van der Waals surface area (Å²) in [6.45, 7) is 0. The van der Waals surface area contributed by atoms with Gasteiger partial charge in [-0.2, -0.15) is 5.10 Å². The lowest BCUT2D eigenvalue weighted by Crippen LogP contribution is -2.10. The van der Waals surface area contributed by atoms with Crippen LogP contribution >= 0.6 is 23.2 Å². The number of amides is 1. The van der Waals surface area contributed by atoms with Crippen LogP contribution in [0.3, 0.4) is 0 Å². The number of para-hydroxylation sites is 1. The third-order valence-electron chi connectivity index (χ3n) is 3.03. The van der Waals surface area contributed by atoms with Gasteiger partial charge in [-0.15, -0.1) is 0 Å². The van der Waals surface area contributed by atoms with Crippen LogP contribution in [0, 0.1) is 0 Å². The average molecular weight is 332 g/mol. The maximum atomic E-state index is 12.2. The molecule has 0 aliphatic rings. The molecule has 0 aliphatic carbocycles. The van der Waals surface area contributed by atoms with Crippen LogP contribution in [0.1, 0.15) is 10.4 Å². The molecule has 0 fully saturated rings. The summed E-state index contributed by atoms with van der Waals surface area (Å²) in [6.07, 6.45) is 3.11. The first-order valence-electron chi connectivity index (χ1n) is 6.50. The van der Waals surface area contributed by atoms with Crippen molar-refractivity contribution in [3.05, 3.63) is 76.5 Å². The van der Waals surface area contributed by atoms with E-state index in [-0.39, 0.29) is 5.91 Å². The van der Waals surface area contributed by atoms with Gasteiger partial charge in [-0.25, -0.2) is 4.68 Å². The molecule has 1 amide bonds. The largest absolute Gasteiger partial charge is 0.322 e. The Morgan fingerprint density at radius 2 is 1.86 bits per heavy atom. The fourth-order valence-electron chi connectivity index (χ4n) is 1.96.